The van der Waals surface area contributed by atoms with Gasteiger partial charge < -0.3 is 10.1 Å². The van der Waals surface area contributed by atoms with E-state index in [9.17, 15) is 17.6 Å². The molecule has 0 bridgehead atoms. The van der Waals surface area contributed by atoms with Crippen LogP contribution in [0.2, 0.25) is 0 Å². The van der Waals surface area contributed by atoms with Crippen molar-refractivity contribution in [3.63, 3.8) is 0 Å². The van der Waals surface area contributed by atoms with Crippen molar-refractivity contribution in [2.45, 2.75) is 42.4 Å². The maximum absolute atomic E-state index is 13.9. The van der Waals surface area contributed by atoms with Gasteiger partial charge in [-0.1, -0.05) is 30.7 Å². The van der Waals surface area contributed by atoms with Gasteiger partial charge in [-0.3, -0.25) is 4.79 Å². The number of ether oxygens (including phenoxy) is 1. The Hall–Kier alpha value is -2.29. The number of rotatable bonds is 6. The van der Waals surface area contributed by atoms with E-state index in [0.29, 0.717) is 39.1 Å². The Morgan fingerprint density at radius 3 is 2.47 bits per heavy atom. The molecule has 8 heteroatoms. The van der Waals surface area contributed by atoms with Gasteiger partial charge in [0.25, 0.3) is 5.91 Å². The molecular formula is C24H29FN2O4S. The summed E-state index contributed by atoms with van der Waals surface area (Å²) >= 11 is 0. The molecule has 0 saturated carbocycles. The lowest BCUT2D eigenvalue weighted by molar-refractivity contribution is 0.0486. The average molecular weight is 461 g/mol. The number of halogens is 1. The van der Waals surface area contributed by atoms with Crippen molar-refractivity contribution >= 4 is 15.9 Å². The SMILES string of the molecule is O=C(NCC1(c2cccc(F)c2)CCOCC1)c1ccccc1S(=O)(=O)N1CCCCC1. The molecule has 2 aromatic rings. The van der Waals surface area contributed by atoms with Crippen molar-refractivity contribution in [1.29, 1.82) is 0 Å². The summed E-state index contributed by atoms with van der Waals surface area (Å²) < 4.78 is 47.4. The van der Waals surface area contributed by atoms with Crippen LogP contribution >= 0.6 is 0 Å². The Bertz CT molecular complexity index is 1060. The number of benzene rings is 2. The van der Waals surface area contributed by atoms with Gasteiger partial charge in [-0.25, -0.2) is 12.8 Å². The number of nitrogens with one attached hydrogen (secondary N) is 1. The third-order valence-corrected chi connectivity index (χ3v) is 8.50. The molecule has 2 saturated heterocycles. The summed E-state index contributed by atoms with van der Waals surface area (Å²) in [6.45, 7) is 2.26. The summed E-state index contributed by atoms with van der Waals surface area (Å²) in [6, 6.07) is 12.8. The van der Waals surface area contributed by atoms with Crippen LogP contribution in [0.3, 0.4) is 0 Å². The van der Waals surface area contributed by atoms with Gasteiger partial charge in [-0.15, -0.1) is 0 Å². The Morgan fingerprint density at radius 2 is 1.75 bits per heavy atom. The molecule has 0 unspecified atom stereocenters. The third kappa shape index (κ3) is 4.72. The summed E-state index contributed by atoms with van der Waals surface area (Å²) in [5, 5.41) is 2.94. The molecular weight excluding hydrogens is 431 g/mol. The second kappa shape index (κ2) is 9.68. The zero-order valence-electron chi connectivity index (χ0n) is 18.1. The van der Waals surface area contributed by atoms with E-state index in [1.54, 1.807) is 24.3 Å². The maximum atomic E-state index is 13.9. The molecule has 1 N–H and O–H groups in total. The molecule has 0 aliphatic carbocycles. The highest BCUT2D eigenvalue weighted by Gasteiger charge is 2.36. The number of amides is 1. The number of piperidine rings is 1. The molecule has 0 atom stereocenters. The van der Waals surface area contributed by atoms with E-state index >= 15 is 0 Å². The first kappa shape index (κ1) is 22.9. The van der Waals surface area contributed by atoms with Crippen molar-refractivity contribution < 1.29 is 22.3 Å². The van der Waals surface area contributed by atoms with E-state index in [4.69, 9.17) is 4.74 Å². The van der Waals surface area contributed by atoms with E-state index < -0.39 is 21.3 Å². The van der Waals surface area contributed by atoms with Crippen molar-refractivity contribution in [3.8, 4) is 0 Å². The van der Waals surface area contributed by atoms with Gasteiger partial charge in [0, 0.05) is 38.3 Å². The maximum Gasteiger partial charge on any atom is 0.252 e. The average Bonchev–Trinajstić information content (AvgIpc) is 2.84. The quantitative estimate of drug-likeness (QED) is 0.716. The van der Waals surface area contributed by atoms with E-state index in [1.165, 1.54) is 22.5 Å². The molecule has 2 heterocycles. The van der Waals surface area contributed by atoms with Crippen LogP contribution in [0.4, 0.5) is 4.39 Å². The highest BCUT2D eigenvalue weighted by Crippen LogP contribution is 2.35. The number of hydrogen-bond acceptors (Lipinski definition) is 4. The van der Waals surface area contributed by atoms with Crippen LogP contribution < -0.4 is 5.32 Å². The molecule has 0 aromatic heterocycles. The molecule has 2 aliphatic heterocycles. The Kier molecular flexibility index (Phi) is 6.93. The van der Waals surface area contributed by atoms with Crippen LogP contribution in [0, 0.1) is 5.82 Å². The van der Waals surface area contributed by atoms with Crippen LogP contribution in [-0.2, 0) is 20.2 Å². The number of sulfonamides is 1. The van der Waals surface area contributed by atoms with E-state index in [-0.39, 0.29) is 22.8 Å². The van der Waals surface area contributed by atoms with Crippen LogP contribution in [0.5, 0.6) is 0 Å². The van der Waals surface area contributed by atoms with Crippen molar-refractivity contribution in [2.24, 2.45) is 0 Å². The molecule has 0 radical (unpaired) electrons. The molecule has 1 amide bonds. The minimum atomic E-state index is -3.75. The molecule has 2 fully saturated rings. The highest BCUT2D eigenvalue weighted by molar-refractivity contribution is 7.89. The van der Waals surface area contributed by atoms with E-state index in [0.717, 1.165) is 24.8 Å². The van der Waals surface area contributed by atoms with Crippen molar-refractivity contribution in [1.82, 2.24) is 9.62 Å². The smallest absolute Gasteiger partial charge is 0.252 e. The first-order chi connectivity index (χ1) is 15.4. The molecule has 4 rings (SSSR count). The summed E-state index contributed by atoms with van der Waals surface area (Å²) in [6.07, 6.45) is 3.95. The molecule has 6 nitrogen and oxygen atoms in total. The number of carbonyl (C=O) groups excluding carboxylic acids is 1. The minimum absolute atomic E-state index is 0.0335. The predicted octanol–water partition coefficient (Wildman–Crippen LogP) is 3.48. The molecule has 32 heavy (non-hydrogen) atoms. The molecule has 0 spiro atoms. The Labute approximate surface area is 188 Å². The normalized spacial score (nSPS) is 19.4. The van der Waals surface area contributed by atoms with Crippen LogP contribution in [-0.4, -0.2) is 51.5 Å². The molecule has 172 valence electrons. The van der Waals surface area contributed by atoms with Gasteiger partial charge >= 0.3 is 0 Å². The van der Waals surface area contributed by atoms with Crippen LogP contribution in [0.15, 0.2) is 53.4 Å². The van der Waals surface area contributed by atoms with Gasteiger partial charge in [0.1, 0.15) is 5.82 Å². The summed E-state index contributed by atoms with van der Waals surface area (Å²) in [5.74, 6) is -0.763. The van der Waals surface area contributed by atoms with Crippen LogP contribution in [0.25, 0.3) is 0 Å². The van der Waals surface area contributed by atoms with Crippen LogP contribution in [0.1, 0.15) is 48.0 Å². The number of hydrogen-bond donors (Lipinski definition) is 1. The van der Waals surface area contributed by atoms with Gasteiger partial charge in [0.15, 0.2) is 0 Å². The van der Waals surface area contributed by atoms with Gasteiger partial charge in [0.2, 0.25) is 10.0 Å². The predicted molar refractivity (Wildman–Crippen MR) is 120 cm³/mol. The van der Waals surface area contributed by atoms with Gasteiger partial charge in [-0.05, 0) is 55.5 Å². The zero-order chi connectivity index (χ0) is 22.6. The fourth-order valence-corrected chi connectivity index (χ4v) is 6.32. The Morgan fingerprint density at radius 1 is 1.03 bits per heavy atom. The second-order valence-corrected chi connectivity index (χ2v) is 10.5. The van der Waals surface area contributed by atoms with Gasteiger partial charge in [0.05, 0.1) is 10.5 Å². The fourth-order valence-electron chi connectivity index (χ4n) is 4.62. The highest BCUT2D eigenvalue weighted by atomic mass is 32.2. The number of carbonyl (C=O) groups is 1. The van der Waals surface area contributed by atoms with E-state index in [1.807, 2.05) is 6.07 Å². The lowest BCUT2D eigenvalue weighted by Crippen LogP contribution is -2.45. The van der Waals surface area contributed by atoms with Gasteiger partial charge in [-0.2, -0.15) is 4.31 Å². The largest absolute Gasteiger partial charge is 0.381 e. The lowest BCUT2D eigenvalue weighted by atomic mass is 9.74. The zero-order valence-corrected chi connectivity index (χ0v) is 18.9. The first-order valence-corrected chi connectivity index (χ1v) is 12.6. The van der Waals surface area contributed by atoms with Crippen molar-refractivity contribution in [3.05, 3.63) is 65.5 Å². The first-order valence-electron chi connectivity index (χ1n) is 11.1. The molecule has 2 aliphatic rings. The monoisotopic (exact) mass is 460 g/mol. The minimum Gasteiger partial charge on any atom is -0.381 e. The van der Waals surface area contributed by atoms with E-state index in [2.05, 4.69) is 5.32 Å². The fraction of sp³-hybridized carbons (Fsp3) is 0.458. The molecule has 2 aromatic carbocycles. The third-order valence-electron chi connectivity index (χ3n) is 6.54. The summed E-state index contributed by atoms with van der Waals surface area (Å²) in [4.78, 5) is 13.2. The Balaban J connectivity index is 1.58. The second-order valence-electron chi connectivity index (χ2n) is 8.55. The topological polar surface area (TPSA) is 75.7 Å². The standard InChI is InChI=1S/C24H29FN2O4S/c25-20-8-6-7-19(17-20)24(11-15-31-16-12-24)18-26-23(28)21-9-2-3-10-22(21)32(29,30)27-13-4-1-5-14-27/h2-3,6-10,17H,1,4-5,11-16,18H2,(H,26,28). The van der Waals surface area contributed by atoms with Crippen molar-refractivity contribution in [2.75, 3.05) is 32.8 Å². The summed E-state index contributed by atoms with van der Waals surface area (Å²) in [7, 11) is -3.75. The number of nitrogens with zero attached hydrogens (tertiary/aromatic N) is 1. The lowest BCUT2D eigenvalue weighted by Gasteiger charge is -2.38. The summed E-state index contributed by atoms with van der Waals surface area (Å²) in [5.41, 5.74) is 0.492.